The zero-order valence-electron chi connectivity index (χ0n) is 2.29. The SMILES string of the molecule is O=P.[Li][Br]. The van der Waals surface area contributed by atoms with E-state index in [-0.39, 0.29) is 0 Å². The van der Waals surface area contributed by atoms with Gasteiger partial charge in [-0.25, -0.2) is 0 Å². The van der Waals surface area contributed by atoms with Gasteiger partial charge in [-0.3, -0.25) is 4.57 Å². The molecule has 0 saturated carbocycles. The number of halogens is 1. The van der Waals surface area contributed by atoms with Gasteiger partial charge < -0.3 is 0 Å². The summed E-state index contributed by atoms with van der Waals surface area (Å²) in [5.74, 6) is 0. The second-order valence-electron chi connectivity index (χ2n) is 0. The summed E-state index contributed by atoms with van der Waals surface area (Å²) >= 11 is 4.75. The van der Waals surface area contributed by atoms with Crippen LogP contribution < -0.4 is 0 Å². The van der Waals surface area contributed by atoms with Crippen LogP contribution in [0.5, 0.6) is 0 Å². The Hall–Kier alpha value is 1.18. The molecule has 0 N–H and O–H groups in total. The third kappa shape index (κ3) is 10.9. The van der Waals surface area contributed by atoms with E-state index in [1.165, 1.54) is 0 Å². The molecule has 20 valence electrons. The number of hydrogen-bond donors (Lipinski definition) is 0. The van der Waals surface area contributed by atoms with E-state index in [1.807, 2.05) is 15.8 Å². The van der Waals surface area contributed by atoms with E-state index in [4.69, 9.17) is 4.57 Å². The van der Waals surface area contributed by atoms with Gasteiger partial charge in [0.05, 0.1) is 0 Å². The molecule has 0 aromatic heterocycles. The van der Waals surface area contributed by atoms with E-state index in [0.717, 1.165) is 0 Å². The number of hydrogen-bond acceptors (Lipinski definition) is 1. The molecule has 0 atom stereocenters. The van der Waals surface area contributed by atoms with Gasteiger partial charge in [0, 0.05) is 0 Å². The quantitative estimate of drug-likeness (QED) is 0.356. The Morgan fingerprint density at radius 1 is 1.50 bits per heavy atom. The summed E-state index contributed by atoms with van der Waals surface area (Å²) in [5, 5.41) is 0. The van der Waals surface area contributed by atoms with Gasteiger partial charge in [0.15, 0.2) is 0 Å². The van der Waals surface area contributed by atoms with Crippen molar-refractivity contribution in [3.8, 4) is 0 Å². The Labute approximate surface area is 43.4 Å². The molecule has 0 fully saturated rings. The minimum atomic E-state index is 1.72. The van der Waals surface area contributed by atoms with Gasteiger partial charge in [-0.05, 0) is 0 Å². The second-order valence-corrected chi connectivity index (χ2v) is 0. The van der Waals surface area contributed by atoms with Crippen LogP contribution in [0.3, 0.4) is 0 Å². The molecule has 0 radical (unpaired) electrons. The summed E-state index contributed by atoms with van der Waals surface area (Å²) in [6.07, 6.45) is 0. The fourth-order valence-electron chi connectivity index (χ4n) is 0. The molecular formula is HBrLiOP. The van der Waals surface area contributed by atoms with E-state index in [9.17, 15) is 0 Å². The summed E-state index contributed by atoms with van der Waals surface area (Å²) in [5.41, 5.74) is 0. The summed E-state index contributed by atoms with van der Waals surface area (Å²) < 4.78 is 8.06. The van der Waals surface area contributed by atoms with Crippen molar-refractivity contribution in [2.24, 2.45) is 0 Å². The number of rotatable bonds is 0. The third-order valence-electron chi connectivity index (χ3n) is 0. The molecule has 0 bridgehead atoms. The first-order valence-electron chi connectivity index (χ1n) is 0.582. The van der Waals surface area contributed by atoms with Gasteiger partial charge in [0.25, 0.3) is 0 Å². The second kappa shape index (κ2) is 30.4. The Kier molecular flexibility index (Phi) is 68.1. The Morgan fingerprint density at radius 3 is 1.50 bits per heavy atom. The van der Waals surface area contributed by atoms with Gasteiger partial charge in [0.2, 0.25) is 0 Å². The molecule has 0 rings (SSSR count). The Bertz CT molecular complexity index is 8.00. The van der Waals surface area contributed by atoms with Crippen molar-refractivity contribution in [3.63, 3.8) is 0 Å². The van der Waals surface area contributed by atoms with E-state index >= 15 is 0 Å². The third-order valence-corrected chi connectivity index (χ3v) is 0. The Balaban J connectivity index is 0. The maximum atomic E-state index is 8.06. The summed E-state index contributed by atoms with van der Waals surface area (Å²) in [7, 11) is 1.72. The van der Waals surface area contributed by atoms with Crippen molar-refractivity contribution in [1.29, 1.82) is 0 Å². The first-order valence-corrected chi connectivity index (χ1v) is 2.58. The molecule has 0 saturated heterocycles. The summed E-state index contributed by atoms with van der Waals surface area (Å²) in [4.78, 5) is 0. The monoisotopic (exact) mass is 134 g/mol. The predicted molar refractivity (Wildman–Crippen MR) is 23.7 cm³/mol. The first-order chi connectivity index (χ1) is 2.00. The topological polar surface area (TPSA) is 17.1 Å². The molecule has 0 aromatic carbocycles. The van der Waals surface area contributed by atoms with Crippen LogP contribution in [0.25, 0.3) is 0 Å². The van der Waals surface area contributed by atoms with Gasteiger partial charge in [-0.2, -0.15) is 0 Å². The van der Waals surface area contributed by atoms with Crippen molar-refractivity contribution in [3.05, 3.63) is 0 Å². The zero-order chi connectivity index (χ0) is 4.00. The van der Waals surface area contributed by atoms with Crippen LogP contribution in [0.1, 0.15) is 0 Å². The minimum absolute atomic E-state index is 1.72. The maximum absolute atomic E-state index is 8.06. The van der Waals surface area contributed by atoms with Crippen LogP contribution in [-0.2, 0) is 4.57 Å². The standard InChI is InChI=1S/BrH.Li.HOP/c;;1-2/h1H;;2H/q;+1;/p-1. The van der Waals surface area contributed by atoms with Gasteiger partial charge in [-0.1, -0.05) is 0 Å². The van der Waals surface area contributed by atoms with Gasteiger partial charge in [-0.15, -0.1) is 0 Å². The van der Waals surface area contributed by atoms with Gasteiger partial charge >= 0.3 is 29.5 Å². The van der Waals surface area contributed by atoms with Gasteiger partial charge in [0.1, 0.15) is 9.12 Å². The molecule has 1 nitrogen and oxygen atoms in total. The summed E-state index contributed by atoms with van der Waals surface area (Å²) in [6.45, 7) is 0. The van der Waals surface area contributed by atoms with Crippen LogP contribution >= 0.6 is 22.9 Å². The molecule has 0 spiro atoms. The van der Waals surface area contributed by atoms with Crippen LogP contribution in [0.15, 0.2) is 0 Å². The van der Waals surface area contributed by atoms with E-state index < -0.39 is 0 Å². The van der Waals surface area contributed by atoms with Crippen molar-refractivity contribution >= 4 is 38.7 Å². The molecule has 0 heterocycles. The molecule has 0 aliphatic carbocycles. The summed E-state index contributed by atoms with van der Waals surface area (Å²) in [6, 6.07) is 0. The van der Waals surface area contributed by atoms with Crippen molar-refractivity contribution < 1.29 is 4.57 Å². The van der Waals surface area contributed by atoms with Crippen LogP contribution in [-0.4, -0.2) is 15.8 Å². The first kappa shape index (κ1) is 8.95. The predicted octanol–water partition coefficient (Wildman–Crippen LogP) is 0.939. The average molecular weight is 135 g/mol. The van der Waals surface area contributed by atoms with E-state index in [0.29, 0.717) is 0 Å². The molecule has 0 aromatic rings. The molecular weight excluding hydrogens is 134 g/mol. The molecule has 0 aliphatic rings. The molecule has 4 heteroatoms. The molecule has 0 aliphatic heterocycles. The van der Waals surface area contributed by atoms with Crippen molar-refractivity contribution in [2.45, 2.75) is 0 Å². The molecule has 0 unspecified atom stereocenters. The van der Waals surface area contributed by atoms with E-state index in [1.54, 1.807) is 9.12 Å². The zero-order valence-corrected chi connectivity index (χ0v) is 4.87. The Morgan fingerprint density at radius 2 is 1.50 bits per heavy atom. The van der Waals surface area contributed by atoms with Crippen molar-refractivity contribution in [2.75, 3.05) is 0 Å². The van der Waals surface area contributed by atoms with Crippen molar-refractivity contribution in [1.82, 2.24) is 0 Å². The van der Waals surface area contributed by atoms with Crippen LogP contribution in [0, 0.1) is 0 Å². The van der Waals surface area contributed by atoms with Crippen LogP contribution in [0.2, 0.25) is 0 Å². The van der Waals surface area contributed by atoms with Crippen LogP contribution in [0.4, 0.5) is 0 Å². The fraction of sp³-hybridized carbons (Fsp3) is 0. The molecule has 4 heavy (non-hydrogen) atoms. The molecule has 0 amide bonds. The normalized spacial score (nSPS) is 2.75. The fourth-order valence-corrected chi connectivity index (χ4v) is 0. The van der Waals surface area contributed by atoms with E-state index in [2.05, 4.69) is 13.7 Å². The average Bonchev–Trinajstić information content (AvgIpc) is 1.50.